The highest BCUT2D eigenvalue weighted by molar-refractivity contribution is 5.93. The number of aryl methyl sites for hydroxylation is 1. The molecule has 1 aliphatic rings. The van der Waals surface area contributed by atoms with E-state index < -0.39 is 5.82 Å². The third kappa shape index (κ3) is 4.37. The molecule has 0 atom stereocenters. The highest BCUT2D eigenvalue weighted by Crippen LogP contribution is 2.22. The number of H-pyrrole nitrogens is 1. The number of benzene rings is 1. The highest BCUT2D eigenvalue weighted by Gasteiger charge is 2.18. The van der Waals surface area contributed by atoms with Crippen LogP contribution in [0.5, 0.6) is 0 Å². The number of halogens is 1. The third-order valence-corrected chi connectivity index (χ3v) is 5.14. The highest BCUT2D eigenvalue weighted by atomic mass is 19.1. The standard InChI is InChI=1S/C22H22FN5O3/c1-3-17-22(30)27-19-8-15(16(23)9-20(19)26-17)11-28-7-6-14(12-31-28)18-5-4-13(10-25-18)21(29)24-2/h4-6,8-10H,3,7,11-12H2,1-2H3,(H,24,29)(H,27,30). The molecule has 4 rings (SSSR count). The Labute approximate surface area is 177 Å². The van der Waals surface area contributed by atoms with Crippen LogP contribution in [0.25, 0.3) is 16.6 Å². The van der Waals surface area contributed by atoms with E-state index >= 15 is 0 Å². The van der Waals surface area contributed by atoms with Crippen LogP contribution >= 0.6 is 0 Å². The second-order valence-electron chi connectivity index (χ2n) is 7.16. The lowest BCUT2D eigenvalue weighted by molar-refractivity contribution is -0.151. The van der Waals surface area contributed by atoms with Crippen molar-refractivity contribution in [3.05, 3.63) is 75.2 Å². The number of nitrogens with one attached hydrogen (secondary N) is 2. The molecule has 31 heavy (non-hydrogen) atoms. The number of fused-ring (bicyclic) bond motifs is 1. The van der Waals surface area contributed by atoms with Crippen molar-refractivity contribution in [2.24, 2.45) is 0 Å². The van der Waals surface area contributed by atoms with Gasteiger partial charge in [-0.05, 0) is 24.6 Å². The van der Waals surface area contributed by atoms with Gasteiger partial charge in [-0.25, -0.2) is 9.37 Å². The molecule has 1 aliphatic heterocycles. The summed E-state index contributed by atoms with van der Waals surface area (Å²) in [6.45, 7) is 2.76. The SMILES string of the molecule is CCc1nc2cc(F)c(CN3CC=C(c4ccc(C(=O)NC)cn4)CO3)cc2[nH]c1=O. The Morgan fingerprint density at radius 3 is 2.84 bits per heavy atom. The van der Waals surface area contributed by atoms with Crippen molar-refractivity contribution < 1.29 is 14.0 Å². The fourth-order valence-corrected chi connectivity index (χ4v) is 3.38. The summed E-state index contributed by atoms with van der Waals surface area (Å²) in [5.74, 6) is -0.599. The Kier molecular flexibility index (Phi) is 5.88. The average molecular weight is 423 g/mol. The predicted octanol–water partition coefficient (Wildman–Crippen LogP) is 2.21. The lowest BCUT2D eigenvalue weighted by Crippen LogP contribution is -2.29. The minimum Gasteiger partial charge on any atom is -0.355 e. The number of hydrogen-bond donors (Lipinski definition) is 2. The first-order valence-corrected chi connectivity index (χ1v) is 9.95. The van der Waals surface area contributed by atoms with Gasteiger partial charge in [0.05, 0.1) is 35.4 Å². The van der Waals surface area contributed by atoms with Crippen molar-refractivity contribution >= 4 is 22.5 Å². The molecule has 9 heteroatoms. The largest absolute Gasteiger partial charge is 0.355 e. The number of nitrogens with zero attached hydrogens (tertiary/aromatic N) is 3. The molecule has 2 N–H and O–H groups in total. The van der Waals surface area contributed by atoms with Gasteiger partial charge in [0.1, 0.15) is 11.5 Å². The summed E-state index contributed by atoms with van der Waals surface area (Å²) in [7, 11) is 1.57. The van der Waals surface area contributed by atoms with Gasteiger partial charge >= 0.3 is 0 Å². The average Bonchev–Trinajstić information content (AvgIpc) is 2.79. The van der Waals surface area contributed by atoms with Crippen LogP contribution in [0.15, 0.2) is 41.3 Å². The molecule has 0 fully saturated rings. The fraction of sp³-hybridized carbons (Fsp3) is 0.273. The number of pyridine rings is 1. The van der Waals surface area contributed by atoms with E-state index in [0.717, 1.165) is 11.3 Å². The summed E-state index contributed by atoms with van der Waals surface area (Å²) < 4.78 is 14.6. The number of aromatic amines is 1. The smallest absolute Gasteiger partial charge is 0.270 e. The van der Waals surface area contributed by atoms with E-state index in [4.69, 9.17) is 4.84 Å². The summed E-state index contributed by atoms with van der Waals surface area (Å²) in [5, 5.41) is 4.19. The quantitative estimate of drug-likeness (QED) is 0.653. The molecule has 0 saturated heterocycles. The normalized spacial score (nSPS) is 14.5. The number of rotatable bonds is 5. The van der Waals surface area contributed by atoms with Crippen molar-refractivity contribution in [2.75, 3.05) is 20.2 Å². The van der Waals surface area contributed by atoms with Gasteiger partial charge in [0.15, 0.2) is 0 Å². The van der Waals surface area contributed by atoms with Crippen molar-refractivity contribution in [3.8, 4) is 0 Å². The van der Waals surface area contributed by atoms with Crippen LogP contribution in [0.1, 0.15) is 34.2 Å². The summed E-state index contributed by atoms with van der Waals surface area (Å²) in [4.78, 5) is 40.7. The maximum atomic E-state index is 14.6. The third-order valence-electron chi connectivity index (χ3n) is 5.14. The van der Waals surface area contributed by atoms with Crippen LogP contribution in [-0.4, -0.2) is 46.1 Å². The minimum absolute atomic E-state index is 0.195. The molecule has 3 aromatic rings. The monoisotopic (exact) mass is 423 g/mol. The van der Waals surface area contributed by atoms with Gasteiger partial charge in [-0.3, -0.25) is 19.4 Å². The van der Waals surface area contributed by atoms with Crippen LogP contribution in [0.2, 0.25) is 0 Å². The Hall–Kier alpha value is -3.43. The summed E-state index contributed by atoms with van der Waals surface area (Å²) in [6, 6.07) is 6.41. The molecule has 1 amide bonds. The van der Waals surface area contributed by atoms with Crippen LogP contribution in [0, 0.1) is 5.82 Å². The molecule has 0 aliphatic carbocycles. The molecule has 3 heterocycles. The van der Waals surface area contributed by atoms with Crippen LogP contribution in [0.4, 0.5) is 4.39 Å². The van der Waals surface area contributed by atoms with Gasteiger partial charge in [0.25, 0.3) is 11.5 Å². The molecule has 0 radical (unpaired) electrons. The van der Waals surface area contributed by atoms with E-state index in [2.05, 4.69) is 20.3 Å². The number of carbonyl (C=O) groups is 1. The molecular formula is C22H22FN5O3. The Bertz CT molecular complexity index is 1220. The fourth-order valence-electron chi connectivity index (χ4n) is 3.38. The van der Waals surface area contributed by atoms with Crippen molar-refractivity contribution in [3.63, 3.8) is 0 Å². The van der Waals surface area contributed by atoms with Gasteiger partial charge < -0.3 is 10.3 Å². The van der Waals surface area contributed by atoms with Gasteiger partial charge in [0, 0.05) is 37.0 Å². The zero-order valence-corrected chi connectivity index (χ0v) is 17.2. The lowest BCUT2D eigenvalue weighted by Gasteiger charge is -2.26. The van der Waals surface area contributed by atoms with E-state index in [1.807, 2.05) is 13.0 Å². The lowest BCUT2D eigenvalue weighted by atomic mass is 10.1. The zero-order chi connectivity index (χ0) is 22.0. The predicted molar refractivity (Wildman–Crippen MR) is 114 cm³/mol. The van der Waals surface area contributed by atoms with Crippen LogP contribution in [0.3, 0.4) is 0 Å². The van der Waals surface area contributed by atoms with E-state index in [0.29, 0.717) is 40.8 Å². The molecule has 1 aromatic carbocycles. The van der Waals surface area contributed by atoms with E-state index in [9.17, 15) is 14.0 Å². The van der Waals surface area contributed by atoms with Crippen LogP contribution < -0.4 is 10.9 Å². The van der Waals surface area contributed by atoms with Crippen molar-refractivity contribution in [1.29, 1.82) is 0 Å². The minimum atomic E-state index is -0.404. The second kappa shape index (κ2) is 8.75. The number of hydrogen-bond acceptors (Lipinski definition) is 6. The Balaban J connectivity index is 1.48. The summed E-state index contributed by atoms with van der Waals surface area (Å²) in [6.07, 6.45) is 3.96. The number of aromatic nitrogens is 3. The van der Waals surface area contributed by atoms with E-state index in [-0.39, 0.29) is 24.6 Å². The van der Waals surface area contributed by atoms with Gasteiger partial charge in [0.2, 0.25) is 0 Å². The summed E-state index contributed by atoms with van der Waals surface area (Å²) >= 11 is 0. The molecule has 0 spiro atoms. The van der Waals surface area contributed by atoms with Gasteiger partial charge in [-0.2, -0.15) is 5.06 Å². The molecule has 0 saturated carbocycles. The second-order valence-corrected chi connectivity index (χ2v) is 7.16. The topological polar surface area (TPSA) is 100 Å². The summed E-state index contributed by atoms with van der Waals surface area (Å²) in [5.41, 5.74) is 3.53. The Morgan fingerprint density at radius 2 is 2.19 bits per heavy atom. The number of amides is 1. The number of carbonyl (C=O) groups excluding carboxylic acids is 1. The molecule has 8 nitrogen and oxygen atoms in total. The number of hydroxylamine groups is 2. The maximum absolute atomic E-state index is 14.6. The zero-order valence-electron chi connectivity index (χ0n) is 17.2. The van der Waals surface area contributed by atoms with Gasteiger partial charge in [-0.1, -0.05) is 13.0 Å². The maximum Gasteiger partial charge on any atom is 0.270 e. The Morgan fingerprint density at radius 1 is 1.35 bits per heavy atom. The van der Waals surface area contributed by atoms with E-state index in [1.54, 1.807) is 30.3 Å². The first kappa shape index (κ1) is 20.8. The molecular weight excluding hydrogens is 401 g/mol. The van der Waals surface area contributed by atoms with Crippen molar-refractivity contribution in [1.82, 2.24) is 25.3 Å². The molecule has 2 aromatic heterocycles. The van der Waals surface area contributed by atoms with Gasteiger partial charge in [-0.15, -0.1) is 0 Å². The molecule has 0 bridgehead atoms. The molecule has 0 unspecified atom stereocenters. The first-order chi connectivity index (χ1) is 15.0. The van der Waals surface area contributed by atoms with Crippen LogP contribution in [-0.2, 0) is 17.8 Å². The van der Waals surface area contributed by atoms with E-state index in [1.165, 1.54) is 12.3 Å². The molecule has 160 valence electrons. The van der Waals surface area contributed by atoms with Crippen molar-refractivity contribution in [2.45, 2.75) is 19.9 Å². The first-order valence-electron chi connectivity index (χ1n) is 9.95.